The van der Waals surface area contributed by atoms with E-state index in [1.165, 1.54) is 22.7 Å². The minimum absolute atomic E-state index is 0.0679. The summed E-state index contributed by atoms with van der Waals surface area (Å²) >= 11 is 0. The molecule has 0 spiro atoms. The third kappa shape index (κ3) is 21.8. The van der Waals surface area contributed by atoms with E-state index in [4.69, 9.17) is 29.9 Å². The number of carbonyl (C=O) groups is 4. The average molecular weight is 1910 g/mol. The van der Waals surface area contributed by atoms with Gasteiger partial charge in [-0.25, -0.2) is 8.78 Å². The lowest BCUT2D eigenvalue weighted by atomic mass is 9.92. The fraction of sp³-hybridized carbons (Fsp3) is 0.265. The van der Waals surface area contributed by atoms with Crippen LogP contribution in [-0.4, -0.2) is 215 Å². The molecule has 42 heteroatoms. The van der Waals surface area contributed by atoms with E-state index < -0.39 is 16.1 Å². The van der Waals surface area contributed by atoms with Crippen molar-refractivity contribution in [3.05, 3.63) is 275 Å². The first-order valence-corrected chi connectivity index (χ1v) is 46.9. The van der Waals surface area contributed by atoms with Crippen molar-refractivity contribution in [2.24, 2.45) is 5.92 Å². The molecule has 1 saturated carbocycles. The second-order valence-electron chi connectivity index (χ2n) is 34.6. The molecule has 8 aliphatic rings. The van der Waals surface area contributed by atoms with E-state index in [0.717, 1.165) is 126 Å². The number of carbonyl (C=O) groups excluding carboxylic acids is 4. The maximum Gasteiger partial charge on any atom is 0.281 e. The van der Waals surface area contributed by atoms with E-state index >= 15 is 0 Å². The minimum atomic E-state index is -3.49. The number of halogens is 2. The van der Waals surface area contributed by atoms with Gasteiger partial charge in [-0.05, 0) is 139 Å². The smallest absolute Gasteiger partial charge is 0.281 e. The van der Waals surface area contributed by atoms with Gasteiger partial charge in [0.25, 0.3) is 10.2 Å². The molecule has 0 radical (unpaired) electrons. The number of piperidine rings is 1. The van der Waals surface area contributed by atoms with Crippen LogP contribution in [0, 0.1) is 28.6 Å². The summed E-state index contributed by atoms with van der Waals surface area (Å²) < 4.78 is 61.4. The molecule has 1 aliphatic carbocycles. The Bertz CT molecular complexity index is 7320. The Balaban J connectivity index is 0.000000124. The van der Waals surface area contributed by atoms with Gasteiger partial charge in [0.2, 0.25) is 77.1 Å². The number of hydrogen-bond donors (Lipinski definition) is 9. The molecule has 5 aromatic carbocycles. The molecular formula is C98H99F2N33O6S. The van der Waals surface area contributed by atoms with Crippen LogP contribution in [0.15, 0.2) is 242 Å². The Labute approximate surface area is 803 Å². The van der Waals surface area contributed by atoms with Crippen LogP contribution in [0.2, 0.25) is 0 Å². The highest BCUT2D eigenvalue weighted by Crippen LogP contribution is 2.37. The van der Waals surface area contributed by atoms with Crippen molar-refractivity contribution in [1.82, 2.24) is 113 Å². The molecule has 0 bridgehead atoms. The van der Waals surface area contributed by atoms with Gasteiger partial charge in [0, 0.05) is 179 Å². The minimum Gasteiger partial charge on any atom is -0.351 e. The maximum atomic E-state index is 13.6. The number of nitrogens with one attached hydrogen (secondary N) is 9. The largest absolute Gasteiger partial charge is 0.351 e. The van der Waals surface area contributed by atoms with Crippen LogP contribution in [0.4, 0.5) is 79.1 Å². The number of nitriles is 2. The summed E-state index contributed by atoms with van der Waals surface area (Å²) in [4.78, 5) is 93.8. The predicted molar refractivity (Wildman–Crippen MR) is 528 cm³/mol. The highest BCUT2D eigenvalue weighted by atomic mass is 32.2. The second-order valence-corrected chi connectivity index (χ2v) is 36.8. The average Bonchev–Trinajstić information content (AvgIpc) is 1.52. The van der Waals surface area contributed by atoms with Gasteiger partial charge < -0.3 is 62.6 Å². The molecule has 9 N–H and O–H groups in total. The van der Waals surface area contributed by atoms with E-state index in [1.54, 1.807) is 42.8 Å². The van der Waals surface area contributed by atoms with Crippen molar-refractivity contribution in [2.75, 3.05) is 121 Å². The molecule has 0 unspecified atom stereocenters. The summed E-state index contributed by atoms with van der Waals surface area (Å²) in [5, 5.41) is 63.8. The number of piperazine rings is 2. The standard InChI is InChI=1S/C29H27N9O.C23H23F2N7O.C23H27N9O3S.C23H22N8O/c1-20-23(16-26(39)32-20)15-24-18-31-38-27(24)34-28(35-29(38)33-25-8-3-2-4-9-25)37-12-10-36(11-13-37)19-22-7-5-6-21(14-22)17-30;1-14-15(12-19(33)27-14)11-16-13-26-32-20(16)30-21(28-18-7-9-23(24,25)10-8-18)31-22(32)29-17-5-3-2-4-6-17;1-16-17(14-20(33)25-16)13-18-15-24-32-21(18)27-22(28-23(32)26-19-7-5-4-6-8-19)30-9-11-31(12-10-30)36(34,35)29(2)3;1-15-17(12-20(32)26-15)11-18-14-25-31-21(18)28-22(30-9-7-16(13-24)8-10-30)29-23(31)27-19-5-3-2-4-6-19/h2-9,14-15,18H,1,10-13,16,19H2,(H,32,39)(H,33,34,35);2-6,11,13,18H,1,7-10,12H2,(H,27,33)(H2,28,29,30,31);4-8,13,15H,1,9-12,14H2,2-3H3,(H,25,33)(H,26,27,28);2-6,11,14,16H,1,7-10,12H2,(H,26,32)(H,27,28,29)/b23-15+;15-11+;17-13+;17-11+. The highest BCUT2D eigenvalue weighted by Gasteiger charge is 2.37. The molecular weight excluding hydrogens is 1810 g/mol. The van der Waals surface area contributed by atoms with Crippen LogP contribution in [0.3, 0.4) is 0 Å². The van der Waals surface area contributed by atoms with Gasteiger partial charge in [-0.3, -0.25) is 24.1 Å². The molecule has 39 nitrogen and oxygen atoms in total. The van der Waals surface area contributed by atoms with Crippen LogP contribution in [0.1, 0.15) is 97.6 Å². The first-order chi connectivity index (χ1) is 67.7. The summed E-state index contributed by atoms with van der Waals surface area (Å²) in [5.74, 6) is 1.11. The lowest BCUT2D eigenvalue weighted by Crippen LogP contribution is -2.52. The number of fused-ring (bicyclic) bond motifs is 4. The second kappa shape index (κ2) is 41.0. The van der Waals surface area contributed by atoms with Crippen molar-refractivity contribution in [3.8, 4) is 12.1 Å². The number of para-hydroxylation sites is 4. The molecule has 15 heterocycles. The molecule has 7 saturated heterocycles. The summed E-state index contributed by atoms with van der Waals surface area (Å²) in [6.07, 6.45) is 17.2. The zero-order valence-electron chi connectivity index (χ0n) is 76.7. The van der Waals surface area contributed by atoms with Crippen molar-refractivity contribution in [2.45, 2.75) is 82.7 Å². The topological polar surface area (TPSA) is 450 Å². The van der Waals surface area contributed by atoms with E-state index in [-0.39, 0.29) is 74.1 Å². The first kappa shape index (κ1) is 93.6. The zero-order valence-corrected chi connectivity index (χ0v) is 77.5. The van der Waals surface area contributed by atoms with E-state index in [1.807, 2.05) is 169 Å². The van der Waals surface area contributed by atoms with E-state index in [0.29, 0.717) is 143 Å². The van der Waals surface area contributed by atoms with Crippen LogP contribution in [0.25, 0.3) is 46.9 Å². The lowest BCUT2D eigenvalue weighted by Gasteiger charge is -2.35. The molecule has 8 aromatic heterocycles. The number of nitrogens with zero attached hydrogens (tertiary/aromatic N) is 24. The monoisotopic (exact) mass is 1900 g/mol. The third-order valence-electron chi connectivity index (χ3n) is 24.5. The number of alkyl halides is 2. The van der Waals surface area contributed by atoms with Gasteiger partial charge in [-0.1, -0.05) is 111 Å². The number of anilines is 12. The number of amides is 4. The first-order valence-electron chi connectivity index (χ1n) is 45.5. The van der Waals surface area contributed by atoms with Crippen LogP contribution in [0.5, 0.6) is 0 Å². The van der Waals surface area contributed by atoms with Gasteiger partial charge in [0.05, 0.1) is 68.2 Å². The highest BCUT2D eigenvalue weighted by molar-refractivity contribution is 7.86. The summed E-state index contributed by atoms with van der Waals surface area (Å²) in [7, 11) is -0.435. The Morgan fingerprint density at radius 3 is 1.12 bits per heavy atom. The van der Waals surface area contributed by atoms with Crippen LogP contribution < -0.4 is 62.6 Å². The number of hydrogen-bond acceptors (Lipinski definition) is 29. The van der Waals surface area contributed by atoms with Crippen LogP contribution in [-0.2, 0) is 35.9 Å². The summed E-state index contributed by atoms with van der Waals surface area (Å²) in [6.45, 7) is 22.6. The third-order valence-corrected chi connectivity index (χ3v) is 26.5. The molecule has 140 heavy (non-hydrogen) atoms. The SMILES string of the molecule is C=C1NC(=O)C/C1=C\c1cnn2c(Nc3ccccc3)nc(N3CCC(C#N)CC3)nc12.C=C1NC(=O)C/C1=C\c1cnn2c(Nc3ccccc3)nc(N3CCN(Cc4cccc(C#N)c4)CC3)nc12.C=C1NC(=O)C/C1=C\c1cnn2c(Nc3ccccc3)nc(N3CCN(S(=O)(=O)N(C)C)CC3)nc12.C=C1NC(=O)C/C1=C\c1cnn2c(Nc3ccccc3)nc(NC3CCC(F)(F)CC3)nc12. The van der Waals surface area contributed by atoms with Crippen molar-refractivity contribution in [3.63, 3.8) is 0 Å². The molecule has 21 rings (SSSR count). The Morgan fingerprint density at radius 1 is 0.443 bits per heavy atom. The summed E-state index contributed by atoms with van der Waals surface area (Å²) in [5.41, 5.74) is 16.1. The number of benzene rings is 5. The van der Waals surface area contributed by atoms with Crippen molar-refractivity contribution >= 4 is 151 Å². The predicted octanol–water partition coefficient (Wildman–Crippen LogP) is 12.0. The van der Waals surface area contributed by atoms with Gasteiger partial charge in [-0.2, -0.15) is 106 Å². The normalized spacial score (nSPS) is 18.3. The number of allylic oxidation sites excluding steroid dienone is 4. The van der Waals surface area contributed by atoms with Gasteiger partial charge in [-0.15, -0.1) is 0 Å². The summed E-state index contributed by atoms with van der Waals surface area (Å²) in [6, 6.07) is 50.9. The fourth-order valence-electron chi connectivity index (χ4n) is 17.0. The molecule has 712 valence electrons. The van der Waals surface area contributed by atoms with Gasteiger partial charge in [0.15, 0.2) is 22.6 Å². The van der Waals surface area contributed by atoms with Crippen molar-refractivity contribution < 1.29 is 36.4 Å². The Kier molecular flexibility index (Phi) is 27.4. The lowest BCUT2D eigenvalue weighted by molar-refractivity contribution is -0.119. The van der Waals surface area contributed by atoms with E-state index in [9.17, 15) is 46.9 Å². The van der Waals surface area contributed by atoms with Gasteiger partial charge >= 0.3 is 0 Å². The number of aromatic nitrogens is 16. The molecule has 7 aliphatic heterocycles. The van der Waals surface area contributed by atoms with E-state index in [2.05, 4.69) is 137 Å². The molecule has 13 aromatic rings. The van der Waals surface area contributed by atoms with Crippen molar-refractivity contribution in [1.29, 1.82) is 10.5 Å². The quantitative estimate of drug-likeness (QED) is 0.0323. The Morgan fingerprint density at radius 2 is 0.786 bits per heavy atom. The van der Waals surface area contributed by atoms with Gasteiger partial charge in [0.1, 0.15) is 0 Å². The van der Waals surface area contributed by atoms with Crippen LogP contribution >= 0.6 is 0 Å². The Hall–Kier alpha value is -16.8. The molecule has 8 fully saturated rings. The maximum absolute atomic E-state index is 13.6. The fourth-order valence-corrected chi connectivity index (χ4v) is 18.1. The number of rotatable bonds is 21. The zero-order chi connectivity index (χ0) is 97.3. The molecule has 4 amide bonds. The molecule has 0 atom stereocenters.